The third kappa shape index (κ3) is 2.81. The third-order valence-corrected chi connectivity index (χ3v) is 8.42. The van der Waals surface area contributed by atoms with Gasteiger partial charge < -0.3 is 4.57 Å². The monoisotopic (exact) mass is 476 g/mol. The molecule has 0 spiro atoms. The molecule has 2 nitrogen and oxygen atoms in total. The molecule has 0 unspecified atom stereocenters. The molecule has 5 aromatic carbocycles. The van der Waals surface area contributed by atoms with E-state index in [1.165, 1.54) is 53.0 Å². The van der Waals surface area contributed by atoms with Gasteiger partial charge in [-0.25, -0.2) is 0 Å². The van der Waals surface area contributed by atoms with Gasteiger partial charge in [0.1, 0.15) is 0 Å². The minimum atomic E-state index is 1.06. The van der Waals surface area contributed by atoms with Gasteiger partial charge in [0.25, 0.3) is 0 Å². The van der Waals surface area contributed by atoms with Gasteiger partial charge in [-0.1, -0.05) is 72.8 Å². The van der Waals surface area contributed by atoms with E-state index in [1.54, 1.807) is 0 Å². The van der Waals surface area contributed by atoms with Crippen LogP contribution in [-0.4, -0.2) is 9.55 Å². The number of fused-ring (bicyclic) bond motifs is 8. The first-order valence-electron chi connectivity index (χ1n) is 12.1. The second-order valence-corrected chi connectivity index (χ2v) is 10.3. The highest BCUT2D eigenvalue weighted by Gasteiger charge is 2.18. The quantitative estimate of drug-likeness (QED) is 0.243. The number of hydrogen-bond acceptors (Lipinski definition) is 2. The summed E-state index contributed by atoms with van der Waals surface area (Å²) in [7, 11) is 0. The fourth-order valence-corrected chi connectivity index (χ4v) is 6.80. The average Bonchev–Trinajstić information content (AvgIpc) is 3.49. The summed E-state index contributed by atoms with van der Waals surface area (Å²) in [5, 5.41) is 6.33. The number of rotatable bonds is 2. The van der Waals surface area contributed by atoms with E-state index in [1.807, 2.05) is 23.6 Å². The Morgan fingerprint density at radius 1 is 0.583 bits per heavy atom. The lowest BCUT2D eigenvalue weighted by atomic mass is 10.0. The van der Waals surface area contributed by atoms with Crippen LogP contribution >= 0.6 is 11.3 Å². The molecular weight excluding hydrogens is 456 g/mol. The van der Waals surface area contributed by atoms with Crippen LogP contribution in [-0.2, 0) is 0 Å². The summed E-state index contributed by atoms with van der Waals surface area (Å²) in [6.07, 6.45) is 1.91. The minimum absolute atomic E-state index is 1.06. The molecule has 36 heavy (non-hydrogen) atoms. The minimum Gasteiger partial charge on any atom is -0.308 e. The van der Waals surface area contributed by atoms with Crippen molar-refractivity contribution in [1.29, 1.82) is 0 Å². The van der Waals surface area contributed by atoms with Crippen molar-refractivity contribution >= 4 is 64.2 Å². The fraction of sp³-hybridized carbons (Fsp3) is 0. The smallest absolute Gasteiger partial charge is 0.0977 e. The Kier molecular flexibility index (Phi) is 4.13. The van der Waals surface area contributed by atoms with Gasteiger partial charge in [0.05, 0.1) is 16.6 Å². The lowest BCUT2D eigenvalue weighted by molar-refractivity contribution is 1.18. The molecule has 0 saturated carbocycles. The largest absolute Gasteiger partial charge is 0.308 e. The average molecular weight is 477 g/mol. The van der Waals surface area contributed by atoms with Crippen LogP contribution in [0.2, 0.25) is 0 Å². The van der Waals surface area contributed by atoms with E-state index in [9.17, 15) is 0 Å². The molecule has 0 radical (unpaired) electrons. The standard InChI is InChI=1S/C33H20N2S/c1-2-7-21(8-3-1)22-12-13-24-20-25(15-14-23(24)19-22)35-28-17-16-27-26-9-4-5-11-30(26)36-33(27)31(28)32-29(35)10-6-18-34-32/h1-20H. The summed E-state index contributed by atoms with van der Waals surface area (Å²) >= 11 is 1.86. The Labute approximate surface area is 211 Å². The SMILES string of the molecule is c1ccc(-c2ccc3cc(-n4c5cccnc5c5c6sc7ccccc7c6ccc54)ccc3c2)cc1. The van der Waals surface area contributed by atoms with Crippen molar-refractivity contribution in [2.75, 3.05) is 0 Å². The zero-order valence-corrected chi connectivity index (χ0v) is 20.2. The van der Waals surface area contributed by atoms with Gasteiger partial charge in [-0.3, -0.25) is 4.98 Å². The van der Waals surface area contributed by atoms with Crippen molar-refractivity contribution in [3.05, 3.63) is 121 Å². The van der Waals surface area contributed by atoms with Gasteiger partial charge >= 0.3 is 0 Å². The molecule has 0 aliphatic rings. The molecule has 0 N–H and O–H groups in total. The maximum Gasteiger partial charge on any atom is 0.0977 e. The predicted octanol–water partition coefficient (Wildman–Crippen LogP) is 9.37. The zero-order chi connectivity index (χ0) is 23.6. The van der Waals surface area contributed by atoms with Gasteiger partial charge in [0.2, 0.25) is 0 Å². The molecule has 0 fully saturated rings. The highest BCUT2D eigenvalue weighted by molar-refractivity contribution is 7.26. The Morgan fingerprint density at radius 3 is 2.36 bits per heavy atom. The van der Waals surface area contributed by atoms with E-state index in [2.05, 4.69) is 114 Å². The summed E-state index contributed by atoms with van der Waals surface area (Å²) in [5.41, 5.74) is 7.03. The van der Waals surface area contributed by atoms with E-state index in [-0.39, 0.29) is 0 Å². The second-order valence-electron chi connectivity index (χ2n) is 9.25. The Balaban J connectivity index is 1.39. The van der Waals surface area contributed by atoms with E-state index in [0.29, 0.717) is 0 Å². The fourth-order valence-electron chi connectivity index (χ4n) is 5.55. The molecule has 0 saturated heterocycles. The van der Waals surface area contributed by atoms with Gasteiger partial charge in [-0.05, 0) is 64.4 Å². The van der Waals surface area contributed by atoms with E-state index >= 15 is 0 Å². The Bertz CT molecular complexity index is 2100. The Hall–Kier alpha value is -4.47. The number of benzene rings is 5. The van der Waals surface area contributed by atoms with E-state index in [4.69, 9.17) is 4.98 Å². The van der Waals surface area contributed by atoms with Crippen molar-refractivity contribution in [3.63, 3.8) is 0 Å². The number of hydrogen-bond donors (Lipinski definition) is 0. The van der Waals surface area contributed by atoms with Crippen LogP contribution in [0.4, 0.5) is 0 Å². The molecule has 0 aliphatic carbocycles. The topological polar surface area (TPSA) is 17.8 Å². The van der Waals surface area contributed by atoms with Crippen LogP contribution in [0.15, 0.2) is 121 Å². The first-order valence-corrected chi connectivity index (χ1v) is 13.0. The molecule has 3 heteroatoms. The van der Waals surface area contributed by atoms with Crippen LogP contribution in [0.5, 0.6) is 0 Å². The summed E-state index contributed by atoms with van der Waals surface area (Å²) in [4.78, 5) is 4.87. The van der Waals surface area contributed by atoms with Gasteiger partial charge in [0.15, 0.2) is 0 Å². The lowest BCUT2D eigenvalue weighted by Gasteiger charge is -2.10. The van der Waals surface area contributed by atoms with Crippen LogP contribution in [0, 0.1) is 0 Å². The number of pyridine rings is 1. The van der Waals surface area contributed by atoms with Crippen LogP contribution in [0.3, 0.4) is 0 Å². The van der Waals surface area contributed by atoms with Gasteiger partial charge in [-0.15, -0.1) is 11.3 Å². The maximum atomic E-state index is 4.87. The van der Waals surface area contributed by atoms with E-state index < -0.39 is 0 Å². The van der Waals surface area contributed by atoms with Crippen molar-refractivity contribution in [1.82, 2.24) is 9.55 Å². The summed E-state index contributed by atoms with van der Waals surface area (Å²) in [6.45, 7) is 0. The molecule has 3 aromatic heterocycles. The molecule has 168 valence electrons. The molecule has 8 rings (SSSR count). The predicted molar refractivity (Wildman–Crippen MR) is 154 cm³/mol. The van der Waals surface area contributed by atoms with Crippen molar-refractivity contribution < 1.29 is 0 Å². The summed E-state index contributed by atoms with van der Waals surface area (Å²) < 4.78 is 4.99. The molecule has 3 heterocycles. The molecule has 8 aromatic rings. The van der Waals surface area contributed by atoms with Crippen LogP contribution in [0.25, 0.3) is 69.7 Å². The first kappa shape index (κ1) is 19.8. The number of thiophene rings is 1. The third-order valence-electron chi connectivity index (χ3n) is 7.22. The number of aromatic nitrogens is 2. The first-order chi connectivity index (χ1) is 17.8. The molecule has 0 aliphatic heterocycles. The molecular formula is C33H20N2S. The van der Waals surface area contributed by atoms with Crippen molar-refractivity contribution in [2.24, 2.45) is 0 Å². The van der Waals surface area contributed by atoms with Crippen LogP contribution in [0.1, 0.15) is 0 Å². The van der Waals surface area contributed by atoms with Crippen LogP contribution < -0.4 is 0 Å². The summed E-state index contributed by atoms with van der Waals surface area (Å²) in [6, 6.07) is 41.5. The number of nitrogens with zero attached hydrogens (tertiary/aromatic N) is 2. The Morgan fingerprint density at radius 2 is 1.42 bits per heavy atom. The van der Waals surface area contributed by atoms with Gasteiger partial charge in [0, 0.05) is 37.4 Å². The molecule has 0 bridgehead atoms. The lowest BCUT2D eigenvalue weighted by Crippen LogP contribution is -1.94. The second kappa shape index (κ2) is 7.51. The highest BCUT2D eigenvalue weighted by Crippen LogP contribution is 2.42. The molecule has 0 atom stereocenters. The summed E-state index contributed by atoms with van der Waals surface area (Å²) in [5.74, 6) is 0. The maximum absolute atomic E-state index is 4.87. The zero-order valence-electron chi connectivity index (χ0n) is 19.3. The molecule has 0 amide bonds. The van der Waals surface area contributed by atoms with Crippen molar-refractivity contribution in [3.8, 4) is 16.8 Å². The van der Waals surface area contributed by atoms with Gasteiger partial charge in [-0.2, -0.15) is 0 Å². The van der Waals surface area contributed by atoms with Crippen molar-refractivity contribution in [2.45, 2.75) is 0 Å². The highest BCUT2D eigenvalue weighted by atomic mass is 32.1. The normalized spacial score (nSPS) is 11.9. The van der Waals surface area contributed by atoms with E-state index in [0.717, 1.165) is 16.7 Å².